The van der Waals surface area contributed by atoms with E-state index in [1.54, 1.807) is 0 Å². The number of carbonyl (C=O) groups is 2. The zero-order chi connectivity index (χ0) is 24.2. The molecular formula is C21H16Cl3N3O5S. The zero-order valence-electron chi connectivity index (χ0n) is 16.6. The summed E-state index contributed by atoms with van der Waals surface area (Å²) in [5.41, 5.74) is 0.978. The highest BCUT2D eigenvalue weighted by molar-refractivity contribution is 7.89. The van der Waals surface area contributed by atoms with Gasteiger partial charge in [-0.15, -0.1) is 0 Å². The Labute approximate surface area is 204 Å². The van der Waals surface area contributed by atoms with Crippen molar-refractivity contribution in [2.75, 3.05) is 17.2 Å². The maximum Gasteiger partial charge on any atom is 0.262 e. The van der Waals surface area contributed by atoms with Crippen LogP contribution in [0.2, 0.25) is 15.1 Å². The third-order valence-corrected chi connectivity index (χ3v) is 6.11. The van der Waals surface area contributed by atoms with Crippen molar-refractivity contribution in [1.29, 1.82) is 0 Å². The van der Waals surface area contributed by atoms with Crippen LogP contribution in [0.1, 0.15) is 10.4 Å². The number of nitrogens with one attached hydrogen (secondary N) is 2. The van der Waals surface area contributed by atoms with Crippen molar-refractivity contribution >= 4 is 68.0 Å². The Morgan fingerprint density at radius 2 is 1.52 bits per heavy atom. The molecule has 33 heavy (non-hydrogen) atoms. The lowest BCUT2D eigenvalue weighted by Gasteiger charge is -2.10. The van der Waals surface area contributed by atoms with Crippen LogP contribution >= 0.6 is 34.8 Å². The summed E-state index contributed by atoms with van der Waals surface area (Å²) in [5.74, 6) is -0.731. The van der Waals surface area contributed by atoms with Crippen molar-refractivity contribution in [3.05, 3.63) is 81.3 Å². The molecule has 3 aromatic rings. The summed E-state index contributed by atoms with van der Waals surface area (Å²) in [6, 6.07) is 14.4. The largest absolute Gasteiger partial charge is 0.482 e. The van der Waals surface area contributed by atoms with Crippen LogP contribution in [0.15, 0.2) is 65.6 Å². The highest BCUT2D eigenvalue weighted by atomic mass is 35.5. The number of benzene rings is 3. The van der Waals surface area contributed by atoms with E-state index in [9.17, 15) is 18.0 Å². The summed E-state index contributed by atoms with van der Waals surface area (Å²) in [6.07, 6.45) is 0. The summed E-state index contributed by atoms with van der Waals surface area (Å²) < 4.78 is 28.3. The average Bonchev–Trinajstić information content (AvgIpc) is 2.75. The first-order valence-electron chi connectivity index (χ1n) is 9.14. The van der Waals surface area contributed by atoms with Crippen molar-refractivity contribution in [1.82, 2.24) is 0 Å². The Hall–Kier alpha value is -2.82. The fourth-order valence-corrected chi connectivity index (χ4v) is 3.77. The molecule has 0 saturated carbocycles. The lowest BCUT2D eigenvalue weighted by molar-refractivity contribution is -0.118. The first kappa shape index (κ1) is 24.8. The minimum absolute atomic E-state index is 0.122. The van der Waals surface area contributed by atoms with Crippen LogP contribution in [-0.2, 0) is 14.8 Å². The van der Waals surface area contributed by atoms with Crippen molar-refractivity contribution in [2.45, 2.75) is 4.90 Å². The number of hydrogen-bond donors (Lipinski definition) is 3. The number of amides is 2. The molecule has 8 nitrogen and oxygen atoms in total. The third kappa shape index (κ3) is 6.83. The van der Waals surface area contributed by atoms with Gasteiger partial charge in [0.2, 0.25) is 10.0 Å². The van der Waals surface area contributed by atoms with E-state index in [1.165, 1.54) is 60.7 Å². The molecule has 12 heteroatoms. The number of nitrogens with two attached hydrogens (primary N) is 1. The maximum atomic E-state index is 12.4. The van der Waals surface area contributed by atoms with E-state index < -0.39 is 21.8 Å². The molecule has 172 valence electrons. The minimum Gasteiger partial charge on any atom is -0.482 e. The van der Waals surface area contributed by atoms with Crippen LogP contribution in [0.25, 0.3) is 0 Å². The molecule has 0 aliphatic heterocycles. The number of sulfonamides is 1. The van der Waals surface area contributed by atoms with Crippen LogP contribution in [-0.4, -0.2) is 26.8 Å². The summed E-state index contributed by atoms with van der Waals surface area (Å²) in [4.78, 5) is 24.4. The van der Waals surface area contributed by atoms with E-state index in [0.717, 1.165) is 0 Å². The van der Waals surface area contributed by atoms with Crippen molar-refractivity contribution in [2.24, 2.45) is 5.14 Å². The van der Waals surface area contributed by atoms with Gasteiger partial charge >= 0.3 is 0 Å². The standard InChI is InChI=1S/C21H16Cl3N3O5S/c22-16-9-18(24)19(10-17(16)23)32-11-20(28)26-13-6-4-12(5-7-13)21(29)27-14-2-1-3-15(8-14)33(25,30)31/h1-10H,11H2,(H,26,28)(H,27,29)(H2,25,30,31). The lowest BCUT2D eigenvalue weighted by atomic mass is 10.2. The maximum absolute atomic E-state index is 12.4. The molecule has 0 aliphatic carbocycles. The van der Waals surface area contributed by atoms with E-state index in [-0.39, 0.29) is 43.6 Å². The number of halogens is 3. The van der Waals surface area contributed by atoms with E-state index in [2.05, 4.69) is 10.6 Å². The highest BCUT2D eigenvalue weighted by Crippen LogP contribution is 2.33. The number of hydrogen-bond acceptors (Lipinski definition) is 5. The quantitative estimate of drug-likeness (QED) is 0.387. The molecule has 0 atom stereocenters. The van der Waals surface area contributed by atoms with Gasteiger partial charge in [0.25, 0.3) is 11.8 Å². The number of primary sulfonamides is 1. The molecular weight excluding hydrogens is 513 g/mol. The molecule has 0 radical (unpaired) electrons. The van der Waals surface area contributed by atoms with E-state index in [4.69, 9.17) is 44.7 Å². The molecule has 2 amide bonds. The van der Waals surface area contributed by atoms with Gasteiger partial charge in [-0.3, -0.25) is 9.59 Å². The van der Waals surface area contributed by atoms with Gasteiger partial charge in [0, 0.05) is 23.0 Å². The molecule has 0 heterocycles. The van der Waals surface area contributed by atoms with Crippen LogP contribution < -0.4 is 20.5 Å². The van der Waals surface area contributed by atoms with Crippen LogP contribution in [0.3, 0.4) is 0 Å². The summed E-state index contributed by atoms with van der Waals surface area (Å²) >= 11 is 17.8. The fraction of sp³-hybridized carbons (Fsp3) is 0.0476. The summed E-state index contributed by atoms with van der Waals surface area (Å²) in [6.45, 7) is -0.333. The normalized spacial score (nSPS) is 11.0. The minimum atomic E-state index is -3.89. The first-order valence-corrected chi connectivity index (χ1v) is 11.8. The molecule has 0 aliphatic rings. The second kappa shape index (κ2) is 10.4. The predicted molar refractivity (Wildman–Crippen MR) is 128 cm³/mol. The Morgan fingerprint density at radius 1 is 0.848 bits per heavy atom. The average molecular weight is 529 g/mol. The second-order valence-corrected chi connectivity index (χ2v) is 9.42. The Morgan fingerprint density at radius 3 is 2.18 bits per heavy atom. The summed E-state index contributed by atoms with van der Waals surface area (Å²) in [5, 5.41) is 11.0. The lowest BCUT2D eigenvalue weighted by Crippen LogP contribution is -2.20. The second-order valence-electron chi connectivity index (χ2n) is 6.64. The number of anilines is 2. The van der Waals surface area contributed by atoms with Gasteiger partial charge in [-0.05, 0) is 48.5 Å². The highest BCUT2D eigenvalue weighted by Gasteiger charge is 2.12. The van der Waals surface area contributed by atoms with Gasteiger partial charge in [0.1, 0.15) is 5.75 Å². The molecule has 3 rings (SSSR count). The Balaban J connectivity index is 1.58. The molecule has 3 aromatic carbocycles. The van der Waals surface area contributed by atoms with E-state index in [0.29, 0.717) is 5.69 Å². The first-order chi connectivity index (χ1) is 15.5. The SMILES string of the molecule is NS(=O)(=O)c1cccc(NC(=O)c2ccc(NC(=O)COc3cc(Cl)c(Cl)cc3Cl)cc2)c1. The van der Waals surface area contributed by atoms with Crippen molar-refractivity contribution < 1.29 is 22.7 Å². The van der Waals surface area contributed by atoms with Gasteiger partial charge in [-0.1, -0.05) is 40.9 Å². The van der Waals surface area contributed by atoms with Gasteiger partial charge < -0.3 is 15.4 Å². The Bertz CT molecular complexity index is 1320. The van der Waals surface area contributed by atoms with E-state index >= 15 is 0 Å². The number of ether oxygens (including phenoxy) is 1. The summed E-state index contributed by atoms with van der Waals surface area (Å²) in [7, 11) is -3.89. The number of carbonyl (C=O) groups excluding carboxylic acids is 2. The van der Waals surface area contributed by atoms with Crippen molar-refractivity contribution in [3.8, 4) is 5.75 Å². The molecule has 4 N–H and O–H groups in total. The van der Waals surface area contributed by atoms with Gasteiger partial charge in [-0.2, -0.15) is 0 Å². The monoisotopic (exact) mass is 527 g/mol. The van der Waals surface area contributed by atoms with Gasteiger partial charge in [0.05, 0.1) is 20.0 Å². The predicted octanol–water partition coefficient (Wildman–Crippen LogP) is 4.56. The van der Waals surface area contributed by atoms with Crippen LogP contribution in [0.4, 0.5) is 11.4 Å². The molecule has 0 bridgehead atoms. The van der Waals surface area contributed by atoms with E-state index in [1.807, 2.05) is 0 Å². The third-order valence-electron chi connectivity index (χ3n) is 4.18. The smallest absolute Gasteiger partial charge is 0.262 e. The Kier molecular flexibility index (Phi) is 7.83. The van der Waals surface area contributed by atoms with Gasteiger partial charge in [0.15, 0.2) is 6.61 Å². The number of rotatable bonds is 7. The van der Waals surface area contributed by atoms with Crippen LogP contribution in [0.5, 0.6) is 5.75 Å². The zero-order valence-corrected chi connectivity index (χ0v) is 19.7. The van der Waals surface area contributed by atoms with Crippen LogP contribution in [0, 0.1) is 0 Å². The molecule has 0 unspecified atom stereocenters. The molecule has 0 aromatic heterocycles. The van der Waals surface area contributed by atoms with Crippen molar-refractivity contribution in [3.63, 3.8) is 0 Å². The molecule has 0 spiro atoms. The molecule has 0 fully saturated rings. The topological polar surface area (TPSA) is 128 Å². The van der Waals surface area contributed by atoms with Gasteiger partial charge in [-0.25, -0.2) is 13.6 Å². The molecule has 0 saturated heterocycles. The fourth-order valence-electron chi connectivity index (χ4n) is 2.61.